The van der Waals surface area contributed by atoms with E-state index in [1.165, 1.54) is 24.6 Å². The highest BCUT2D eigenvalue weighted by atomic mass is 32.2. The van der Waals surface area contributed by atoms with Crippen LogP contribution in [0.5, 0.6) is 0 Å². The minimum absolute atomic E-state index is 0.0681. The van der Waals surface area contributed by atoms with E-state index in [0.717, 1.165) is 6.07 Å². The Hall–Kier alpha value is -2.14. The monoisotopic (exact) mass is 327 g/mol. The zero-order valence-corrected chi connectivity index (χ0v) is 13.7. The Morgan fingerprint density at radius 3 is 2.64 bits per heavy atom. The third kappa shape index (κ3) is 5.33. The van der Waals surface area contributed by atoms with Gasteiger partial charge in [0.05, 0.1) is 14.6 Å². The molecular weight excluding hydrogens is 309 g/mol. The van der Waals surface area contributed by atoms with Crippen molar-refractivity contribution in [3.63, 3.8) is 0 Å². The molecule has 0 heterocycles. The number of carbonyl (C=O) groups excluding carboxylic acids is 1. The highest BCUT2D eigenvalue weighted by molar-refractivity contribution is 7.93. The van der Waals surface area contributed by atoms with Crippen molar-refractivity contribution in [1.82, 2.24) is 5.32 Å². The number of amides is 1. The molecule has 0 aromatic heterocycles. The summed E-state index contributed by atoms with van der Waals surface area (Å²) in [7, 11) is -2.94. The van der Waals surface area contributed by atoms with E-state index in [9.17, 15) is 13.4 Å². The summed E-state index contributed by atoms with van der Waals surface area (Å²) in [6.45, 7) is 5.09. The maximum Gasteiger partial charge on any atom is 0.407 e. The van der Waals surface area contributed by atoms with Crippen molar-refractivity contribution >= 4 is 15.8 Å². The summed E-state index contributed by atoms with van der Waals surface area (Å²) in [5, 5.41) is 10.9. The Labute approximate surface area is 129 Å². The molecule has 1 amide bonds. The van der Waals surface area contributed by atoms with Crippen molar-refractivity contribution in [3.8, 4) is 6.19 Å². The first-order chi connectivity index (χ1) is 10.0. The molecule has 0 saturated carbocycles. The molecule has 8 heteroatoms. The number of hydrogen-bond donors (Lipinski definition) is 1. The van der Waals surface area contributed by atoms with Crippen LogP contribution in [-0.4, -0.2) is 22.2 Å². The summed E-state index contributed by atoms with van der Waals surface area (Å²) in [5.41, 5.74) is -0.430. The Kier molecular flexibility index (Phi) is 5.49. The molecule has 0 saturated heterocycles. The van der Waals surface area contributed by atoms with Gasteiger partial charge in [0.15, 0.2) is 0 Å². The lowest BCUT2D eigenvalue weighted by atomic mass is 10.2. The van der Waals surface area contributed by atoms with Crippen LogP contribution in [0.1, 0.15) is 26.3 Å². The molecule has 1 N–H and O–H groups in total. The van der Waals surface area contributed by atoms with Gasteiger partial charge in [-0.3, -0.25) is 0 Å². The van der Waals surface area contributed by atoms with E-state index in [2.05, 4.69) is 9.68 Å². The van der Waals surface area contributed by atoms with Gasteiger partial charge in [0.2, 0.25) is 6.19 Å². The molecule has 0 bridgehead atoms. The summed E-state index contributed by atoms with van der Waals surface area (Å²) >= 11 is 0. The lowest BCUT2D eigenvalue weighted by Crippen LogP contribution is -2.32. The van der Waals surface area contributed by atoms with Gasteiger partial charge >= 0.3 is 6.09 Å². The van der Waals surface area contributed by atoms with E-state index in [0.29, 0.717) is 0 Å². The van der Waals surface area contributed by atoms with Crippen molar-refractivity contribution in [1.29, 1.82) is 5.26 Å². The number of ether oxygens (including phenoxy) is 1. The maximum atomic E-state index is 14.0. The molecule has 0 fully saturated rings. The molecule has 22 heavy (non-hydrogen) atoms. The molecule has 1 aromatic rings. The molecule has 1 atom stereocenters. The van der Waals surface area contributed by atoms with Crippen LogP contribution in [0.3, 0.4) is 0 Å². The fraction of sp³-hybridized carbons (Fsp3) is 0.429. The van der Waals surface area contributed by atoms with E-state index in [-0.39, 0.29) is 17.0 Å². The second kappa shape index (κ2) is 6.75. The highest BCUT2D eigenvalue weighted by Crippen LogP contribution is 2.16. The molecule has 1 unspecified atom stereocenters. The predicted octanol–water partition coefficient (Wildman–Crippen LogP) is 2.79. The Balaban J connectivity index is 2.85. The third-order valence-electron chi connectivity index (χ3n) is 2.50. The van der Waals surface area contributed by atoms with Crippen molar-refractivity contribution in [2.45, 2.75) is 37.8 Å². The van der Waals surface area contributed by atoms with Crippen LogP contribution in [0.4, 0.5) is 9.18 Å². The molecule has 0 aliphatic rings. The molecule has 0 aliphatic carbocycles. The van der Waals surface area contributed by atoms with Gasteiger partial charge in [0.25, 0.3) is 0 Å². The van der Waals surface area contributed by atoms with Crippen molar-refractivity contribution < 1.29 is 18.1 Å². The fourth-order valence-corrected chi connectivity index (χ4v) is 2.42. The first kappa shape index (κ1) is 17.9. The Morgan fingerprint density at radius 2 is 2.14 bits per heavy atom. The summed E-state index contributed by atoms with van der Waals surface area (Å²) in [6, 6.07) is 3.85. The number of halogens is 1. The quantitative estimate of drug-likeness (QED) is 0.864. The summed E-state index contributed by atoms with van der Waals surface area (Å²) in [5.74, 6) is -0.642. The fourth-order valence-electron chi connectivity index (χ4n) is 1.52. The van der Waals surface area contributed by atoms with Gasteiger partial charge in [-0.1, -0.05) is 6.07 Å². The van der Waals surface area contributed by atoms with Crippen molar-refractivity contribution in [2.75, 3.05) is 6.26 Å². The normalized spacial score (nSPS) is 13.6. The molecule has 120 valence electrons. The number of benzene rings is 1. The number of nitrogens with one attached hydrogen (secondary N) is 1. The van der Waals surface area contributed by atoms with Crippen molar-refractivity contribution in [3.05, 3.63) is 29.6 Å². The zero-order chi connectivity index (χ0) is 17.0. The van der Waals surface area contributed by atoms with E-state index in [4.69, 9.17) is 10.00 Å². The topological polar surface area (TPSA) is 91.5 Å². The summed E-state index contributed by atoms with van der Waals surface area (Å²) in [4.78, 5) is 11.6. The standard InChI is InChI=1S/C14H18FN3O3S/c1-14(2,3)21-13(19)17-8-10-5-6-11(7-12(10)15)22(4,20)18-9-16/h5-7H,8H2,1-4H3,(H,17,19). The Bertz CT molecular complexity index is 726. The van der Waals surface area contributed by atoms with Crippen LogP contribution in [0.25, 0.3) is 0 Å². The van der Waals surface area contributed by atoms with Gasteiger partial charge in [0, 0.05) is 18.4 Å². The SMILES string of the molecule is CC(C)(C)OC(=O)NCc1ccc(S(C)(=O)=NC#N)cc1F. The molecule has 6 nitrogen and oxygen atoms in total. The molecular formula is C14H18FN3O3S. The van der Waals surface area contributed by atoms with Crippen LogP contribution >= 0.6 is 0 Å². The first-order valence-electron chi connectivity index (χ1n) is 6.41. The zero-order valence-electron chi connectivity index (χ0n) is 12.8. The molecule has 1 aromatic carbocycles. The lowest BCUT2D eigenvalue weighted by Gasteiger charge is -2.19. The first-order valence-corrected chi connectivity index (χ1v) is 8.33. The van der Waals surface area contributed by atoms with Crippen LogP contribution < -0.4 is 5.32 Å². The molecule has 1 rings (SSSR count). The molecule has 0 aliphatic heterocycles. The predicted molar refractivity (Wildman–Crippen MR) is 79.8 cm³/mol. The minimum Gasteiger partial charge on any atom is -0.444 e. The Morgan fingerprint density at radius 1 is 1.50 bits per heavy atom. The van der Waals surface area contributed by atoms with E-state index in [1.807, 2.05) is 0 Å². The summed E-state index contributed by atoms with van der Waals surface area (Å²) < 4.78 is 34.3. The number of rotatable bonds is 3. The largest absolute Gasteiger partial charge is 0.444 e. The second-order valence-corrected chi connectivity index (χ2v) is 7.86. The smallest absolute Gasteiger partial charge is 0.407 e. The van der Waals surface area contributed by atoms with Gasteiger partial charge < -0.3 is 10.1 Å². The molecule has 0 spiro atoms. The van der Waals surface area contributed by atoms with Gasteiger partial charge in [-0.15, -0.1) is 4.36 Å². The van der Waals surface area contributed by atoms with Crippen LogP contribution in [0.2, 0.25) is 0 Å². The minimum atomic E-state index is -2.94. The second-order valence-electron chi connectivity index (χ2n) is 5.60. The van der Waals surface area contributed by atoms with Gasteiger partial charge in [-0.25, -0.2) is 13.4 Å². The van der Waals surface area contributed by atoms with Crippen LogP contribution in [-0.2, 0) is 21.0 Å². The lowest BCUT2D eigenvalue weighted by molar-refractivity contribution is 0.0523. The van der Waals surface area contributed by atoms with E-state index >= 15 is 0 Å². The van der Waals surface area contributed by atoms with Crippen LogP contribution in [0, 0.1) is 17.3 Å². The average Bonchev–Trinajstić information content (AvgIpc) is 2.35. The third-order valence-corrected chi connectivity index (χ3v) is 4.06. The van der Waals surface area contributed by atoms with E-state index in [1.54, 1.807) is 20.8 Å². The highest BCUT2D eigenvalue weighted by Gasteiger charge is 2.16. The molecule has 0 radical (unpaired) electrons. The number of nitrogens with zero attached hydrogens (tertiary/aromatic N) is 2. The number of carbonyl (C=O) groups is 1. The average molecular weight is 327 g/mol. The van der Waals surface area contributed by atoms with Gasteiger partial charge in [-0.2, -0.15) is 5.26 Å². The van der Waals surface area contributed by atoms with Crippen LogP contribution in [0.15, 0.2) is 27.5 Å². The maximum absolute atomic E-state index is 14.0. The van der Waals surface area contributed by atoms with Gasteiger partial charge in [-0.05, 0) is 32.9 Å². The number of nitriles is 1. The summed E-state index contributed by atoms with van der Waals surface area (Å²) in [6.07, 6.45) is 2.05. The van der Waals surface area contributed by atoms with Gasteiger partial charge in [0.1, 0.15) is 11.4 Å². The number of hydrogen-bond acceptors (Lipinski definition) is 5. The number of alkyl carbamates (subject to hydrolysis) is 1. The van der Waals surface area contributed by atoms with Crippen molar-refractivity contribution in [2.24, 2.45) is 4.36 Å². The van der Waals surface area contributed by atoms with E-state index < -0.39 is 27.2 Å².